The van der Waals surface area contributed by atoms with Gasteiger partial charge in [-0.2, -0.15) is 0 Å². The summed E-state index contributed by atoms with van der Waals surface area (Å²) in [5.74, 6) is 0. The molecule has 7 nitrogen and oxygen atoms in total. The predicted molar refractivity (Wildman–Crippen MR) is 76.7 cm³/mol. The highest BCUT2D eigenvalue weighted by Gasteiger charge is 2.14. The van der Waals surface area contributed by atoms with Gasteiger partial charge in [-0.3, -0.25) is 0 Å². The Balaban J connectivity index is 4.01. The van der Waals surface area contributed by atoms with Gasteiger partial charge in [-0.25, -0.2) is 0 Å². The molecule has 128 valence electrons. The van der Waals surface area contributed by atoms with E-state index in [1.807, 2.05) is 0 Å². The van der Waals surface area contributed by atoms with E-state index in [4.69, 9.17) is 20.1 Å². The molecule has 0 amide bonds. The van der Waals surface area contributed by atoms with E-state index in [0.29, 0.717) is 38.5 Å². The lowest BCUT2D eigenvalue weighted by molar-refractivity contribution is -0.0372. The minimum Gasteiger partial charge on any atom is -0.394 e. The first-order chi connectivity index (χ1) is 10.0. The fourth-order valence-corrected chi connectivity index (χ4v) is 1.96. The number of hydrogen-bond donors (Lipinski definition) is 6. The zero-order chi connectivity index (χ0) is 16.1. The third kappa shape index (κ3) is 12.0. The molecule has 0 radical (unpaired) electrons. The summed E-state index contributed by atoms with van der Waals surface area (Å²) in [5, 5.41) is 54.1. The summed E-state index contributed by atoms with van der Waals surface area (Å²) in [6.45, 7) is -0.861. The zero-order valence-electron chi connectivity index (χ0n) is 12.5. The quantitative estimate of drug-likeness (QED) is 0.237. The van der Waals surface area contributed by atoms with Gasteiger partial charge >= 0.3 is 0 Å². The minimum atomic E-state index is -0.918. The van der Waals surface area contributed by atoms with Gasteiger partial charge in [0.15, 0.2) is 0 Å². The molecule has 0 aliphatic carbocycles. The molecule has 7 heteroatoms. The topological polar surface area (TPSA) is 131 Å². The molecule has 0 aliphatic rings. The molecule has 0 aromatic heterocycles. The van der Waals surface area contributed by atoms with Crippen molar-refractivity contribution in [2.75, 3.05) is 26.4 Å². The second kappa shape index (κ2) is 13.4. The van der Waals surface area contributed by atoms with Gasteiger partial charge < -0.3 is 35.4 Å². The maximum absolute atomic E-state index is 9.29. The summed E-state index contributed by atoms with van der Waals surface area (Å²) in [4.78, 5) is 0. The van der Waals surface area contributed by atoms with Gasteiger partial charge in [-0.1, -0.05) is 0 Å². The Bertz CT molecular complexity index is 211. The molecule has 3 atom stereocenters. The van der Waals surface area contributed by atoms with Crippen molar-refractivity contribution in [3.05, 3.63) is 0 Å². The van der Waals surface area contributed by atoms with Gasteiger partial charge in [0.1, 0.15) is 6.10 Å². The van der Waals surface area contributed by atoms with Crippen LogP contribution in [-0.2, 0) is 4.74 Å². The fourth-order valence-electron chi connectivity index (χ4n) is 1.96. The maximum atomic E-state index is 9.29. The monoisotopic (exact) mass is 310 g/mol. The molecule has 0 saturated heterocycles. The van der Waals surface area contributed by atoms with Crippen LogP contribution in [0.5, 0.6) is 0 Å². The van der Waals surface area contributed by atoms with Gasteiger partial charge in [-0.05, 0) is 38.5 Å². The molecule has 0 heterocycles. The van der Waals surface area contributed by atoms with Crippen molar-refractivity contribution < 1.29 is 35.4 Å². The highest BCUT2D eigenvalue weighted by atomic mass is 16.5. The summed E-state index contributed by atoms with van der Waals surface area (Å²) in [6, 6.07) is 0. The average Bonchev–Trinajstić information content (AvgIpc) is 2.50. The lowest BCUT2D eigenvalue weighted by Crippen LogP contribution is -2.25. The molecule has 0 rings (SSSR count). The Morgan fingerprint density at radius 3 is 1.43 bits per heavy atom. The largest absolute Gasteiger partial charge is 0.394 e. The molecular weight excluding hydrogens is 280 g/mol. The number of ether oxygens (including phenoxy) is 1. The molecule has 0 fully saturated rings. The van der Waals surface area contributed by atoms with Crippen LogP contribution in [0.3, 0.4) is 0 Å². The first-order valence-corrected chi connectivity index (χ1v) is 7.51. The van der Waals surface area contributed by atoms with Crippen LogP contribution in [0.15, 0.2) is 0 Å². The summed E-state index contributed by atoms with van der Waals surface area (Å²) < 4.78 is 5.53. The number of hydrogen-bond acceptors (Lipinski definition) is 7. The summed E-state index contributed by atoms with van der Waals surface area (Å²) >= 11 is 0. The molecule has 21 heavy (non-hydrogen) atoms. The molecule has 0 aromatic carbocycles. The van der Waals surface area contributed by atoms with Crippen molar-refractivity contribution in [1.29, 1.82) is 0 Å². The van der Waals surface area contributed by atoms with Crippen molar-refractivity contribution in [3.63, 3.8) is 0 Å². The Kier molecular flexibility index (Phi) is 13.2. The summed E-state index contributed by atoms with van der Waals surface area (Å²) in [6.07, 6.45) is 1.07. The van der Waals surface area contributed by atoms with Crippen LogP contribution in [0, 0.1) is 0 Å². The number of rotatable bonds is 14. The van der Waals surface area contributed by atoms with Crippen molar-refractivity contribution >= 4 is 0 Å². The SMILES string of the molecule is OCC(O)CCCC(CCCC(O)CO)OCC(O)CO. The average molecular weight is 310 g/mol. The van der Waals surface area contributed by atoms with Gasteiger partial charge in [0.2, 0.25) is 0 Å². The van der Waals surface area contributed by atoms with Crippen LogP contribution in [-0.4, -0.2) is 81.5 Å². The first-order valence-electron chi connectivity index (χ1n) is 7.51. The Morgan fingerprint density at radius 1 is 0.619 bits per heavy atom. The van der Waals surface area contributed by atoms with Crippen LogP contribution >= 0.6 is 0 Å². The zero-order valence-corrected chi connectivity index (χ0v) is 12.5. The van der Waals surface area contributed by atoms with Crippen molar-refractivity contribution in [3.8, 4) is 0 Å². The number of aliphatic hydroxyl groups is 6. The molecule has 0 aromatic rings. The summed E-state index contributed by atoms with van der Waals surface area (Å²) in [5.41, 5.74) is 0. The van der Waals surface area contributed by atoms with Crippen molar-refractivity contribution in [2.24, 2.45) is 0 Å². The lowest BCUT2D eigenvalue weighted by atomic mass is 10.0. The Morgan fingerprint density at radius 2 is 1.05 bits per heavy atom. The Labute approximate surface area is 125 Å². The molecular formula is C14H30O7. The van der Waals surface area contributed by atoms with E-state index >= 15 is 0 Å². The fraction of sp³-hybridized carbons (Fsp3) is 1.00. The van der Waals surface area contributed by atoms with Crippen molar-refractivity contribution in [1.82, 2.24) is 0 Å². The Hall–Kier alpha value is -0.280. The second-order valence-corrected chi connectivity index (χ2v) is 5.33. The normalized spacial score (nSPS) is 17.4. The van der Waals surface area contributed by atoms with Gasteiger partial charge in [0, 0.05) is 0 Å². The van der Waals surface area contributed by atoms with Gasteiger partial charge in [-0.15, -0.1) is 0 Å². The van der Waals surface area contributed by atoms with Crippen LogP contribution in [0.2, 0.25) is 0 Å². The maximum Gasteiger partial charge on any atom is 0.100 e. The molecule has 6 N–H and O–H groups in total. The third-order valence-corrected chi connectivity index (χ3v) is 3.28. The van der Waals surface area contributed by atoms with E-state index in [1.165, 1.54) is 0 Å². The molecule has 0 saturated carbocycles. The number of aliphatic hydroxyl groups excluding tert-OH is 6. The van der Waals surface area contributed by atoms with Crippen molar-refractivity contribution in [2.45, 2.75) is 62.9 Å². The van der Waals surface area contributed by atoms with Crippen LogP contribution in [0.25, 0.3) is 0 Å². The lowest BCUT2D eigenvalue weighted by Gasteiger charge is -2.20. The predicted octanol–water partition coefficient (Wildman–Crippen LogP) is -1.23. The highest BCUT2D eigenvalue weighted by molar-refractivity contribution is 4.65. The van der Waals surface area contributed by atoms with Crippen LogP contribution in [0.4, 0.5) is 0 Å². The third-order valence-electron chi connectivity index (χ3n) is 3.28. The van der Waals surface area contributed by atoms with E-state index in [-0.39, 0.29) is 32.5 Å². The van der Waals surface area contributed by atoms with Gasteiger partial charge in [0.25, 0.3) is 0 Å². The van der Waals surface area contributed by atoms with E-state index in [0.717, 1.165) is 0 Å². The first kappa shape index (κ1) is 20.7. The highest BCUT2D eigenvalue weighted by Crippen LogP contribution is 2.15. The minimum absolute atomic E-state index is 0.0340. The smallest absolute Gasteiger partial charge is 0.100 e. The molecule has 0 bridgehead atoms. The van der Waals surface area contributed by atoms with Crippen LogP contribution < -0.4 is 0 Å². The molecule has 3 unspecified atom stereocenters. The van der Waals surface area contributed by atoms with E-state index in [2.05, 4.69) is 0 Å². The molecule has 0 aliphatic heterocycles. The van der Waals surface area contributed by atoms with E-state index < -0.39 is 18.3 Å². The van der Waals surface area contributed by atoms with Crippen LogP contribution in [0.1, 0.15) is 38.5 Å². The second-order valence-electron chi connectivity index (χ2n) is 5.33. The van der Waals surface area contributed by atoms with Gasteiger partial charge in [0.05, 0.1) is 44.7 Å². The molecule has 0 spiro atoms. The van der Waals surface area contributed by atoms with E-state index in [1.54, 1.807) is 0 Å². The summed E-state index contributed by atoms with van der Waals surface area (Å²) in [7, 11) is 0. The van der Waals surface area contributed by atoms with E-state index in [9.17, 15) is 15.3 Å². The standard InChI is InChI=1S/C14H30O7/c15-7-11(18)3-1-5-14(21-10-13(20)9-17)6-2-4-12(19)8-16/h11-20H,1-10H2.